The van der Waals surface area contributed by atoms with Crippen molar-refractivity contribution in [2.75, 3.05) is 11.9 Å². The van der Waals surface area contributed by atoms with Crippen molar-refractivity contribution in [1.29, 1.82) is 0 Å². The molecular weight excluding hydrogens is 472 g/mol. The Morgan fingerprint density at radius 2 is 2.03 bits per heavy atom. The number of carbonyl (C=O) groups is 1. The fraction of sp³-hybridized carbons (Fsp3) is 0.448. The number of imidazole rings is 1. The third-order valence-corrected chi connectivity index (χ3v) is 7.02. The molecule has 1 aliphatic rings. The minimum atomic E-state index is -0.539. The minimum absolute atomic E-state index is 0.0434. The molecule has 1 aromatic heterocycles. The molecule has 37 heavy (non-hydrogen) atoms. The average molecular weight is 510 g/mol. The predicted molar refractivity (Wildman–Crippen MR) is 142 cm³/mol. The summed E-state index contributed by atoms with van der Waals surface area (Å²) in [5, 5.41) is 9.88. The van der Waals surface area contributed by atoms with E-state index in [1.165, 1.54) is 11.6 Å². The van der Waals surface area contributed by atoms with Gasteiger partial charge in [0.15, 0.2) is 5.82 Å². The molecule has 0 saturated carbocycles. The van der Waals surface area contributed by atoms with Gasteiger partial charge in [-0.25, -0.2) is 13.8 Å². The van der Waals surface area contributed by atoms with Crippen molar-refractivity contribution in [3.05, 3.63) is 83.3 Å². The van der Waals surface area contributed by atoms with Crippen molar-refractivity contribution >= 4 is 11.7 Å². The summed E-state index contributed by atoms with van der Waals surface area (Å²) in [4.78, 5) is 17.4. The van der Waals surface area contributed by atoms with Gasteiger partial charge in [-0.15, -0.1) is 0 Å². The fourth-order valence-corrected chi connectivity index (χ4v) is 4.99. The zero-order valence-electron chi connectivity index (χ0n) is 21.6. The first-order valence-electron chi connectivity index (χ1n) is 13.3. The van der Waals surface area contributed by atoms with Crippen molar-refractivity contribution in [2.45, 2.75) is 77.0 Å². The highest BCUT2D eigenvalue weighted by Gasteiger charge is 2.27. The molecule has 8 heteroatoms. The van der Waals surface area contributed by atoms with Gasteiger partial charge in [-0.05, 0) is 68.3 Å². The van der Waals surface area contributed by atoms with Gasteiger partial charge in [0, 0.05) is 30.9 Å². The number of amides is 1. The highest BCUT2D eigenvalue weighted by molar-refractivity contribution is 5.94. The standard InChI is InChI=1S/C29H37F2N5O/c1-3-8-27(34-24-12-11-22-15-23(30)16-26(31)25(22)17-24)29(37)35-28-18-36(19-33-28)14-7-13-32-20(2)21-9-5-4-6-10-21/h4-6,9-10,15-16,18-20,24,27,32,34H,3,7-8,11-14,17H2,1-2H3,(H,35,37)/t20-,24?,27-/m0/s1. The highest BCUT2D eigenvalue weighted by atomic mass is 19.1. The molecule has 0 aliphatic heterocycles. The number of rotatable bonds is 12. The van der Waals surface area contributed by atoms with E-state index in [9.17, 15) is 13.6 Å². The lowest BCUT2D eigenvalue weighted by molar-refractivity contribution is -0.118. The molecule has 2 aromatic carbocycles. The molecule has 1 aliphatic carbocycles. The van der Waals surface area contributed by atoms with Crippen molar-refractivity contribution in [3.63, 3.8) is 0 Å². The van der Waals surface area contributed by atoms with Gasteiger partial charge in [-0.2, -0.15) is 0 Å². The van der Waals surface area contributed by atoms with E-state index in [0.717, 1.165) is 44.0 Å². The summed E-state index contributed by atoms with van der Waals surface area (Å²) in [5.74, 6) is -0.665. The Labute approximate surface area is 217 Å². The predicted octanol–water partition coefficient (Wildman–Crippen LogP) is 5.16. The number of halogens is 2. The van der Waals surface area contributed by atoms with E-state index in [2.05, 4.69) is 40.0 Å². The van der Waals surface area contributed by atoms with Crippen LogP contribution in [0.15, 0.2) is 55.0 Å². The van der Waals surface area contributed by atoms with Gasteiger partial charge in [0.05, 0.1) is 12.4 Å². The van der Waals surface area contributed by atoms with Crippen LogP contribution in [0.4, 0.5) is 14.6 Å². The Balaban J connectivity index is 1.25. The van der Waals surface area contributed by atoms with Gasteiger partial charge in [0.1, 0.15) is 11.6 Å². The van der Waals surface area contributed by atoms with Crippen LogP contribution in [0.1, 0.15) is 62.3 Å². The fourth-order valence-electron chi connectivity index (χ4n) is 4.99. The monoisotopic (exact) mass is 509 g/mol. The van der Waals surface area contributed by atoms with Crippen molar-refractivity contribution < 1.29 is 13.6 Å². The molecule has 3 atom stereocenters. The van der Waals surface area contributed by atoms with Crippen LogP contribution in [0.25, 0.3) is 0 Å². The van der Waals surface area contributed by atoms with Gasteiger partial charge in [0.25, 0.3) is 0 Å². The second kappa shape index (κ2) is 12.9. The number of aryl methyl sites for hydroxylation is 2. The largest absolute Gasteiger partial charge is 0.335 e. The van der Waals surface area contributed by atoms with Crippen LogP contribution >= 0.6 is 0 Å². The zero-order valence-corrected chi connectivity index (χ0v) is 21.6. The summed E-state index contributed by atoms with van der Waals surface area (Å²) in [6.45, 7) is 5.85. The number of anilines is 1. The number of aromatic nitrogens is 2. The number of fused-ring (bicyclic) bond motifs is 1. The Morgan fingerprint density at radius 3 is 2.81 bits per heavy atom. The third kappa shape index (κ3) is 7.46. The number of hydrogen-bond acceptors (Lipinski definition) is 4. The molecule has 1 unspecified atom stereocenters. The van der Waals surface area contributed by atoms with Crippen LogP contribution < -0.4 is 16.0 Å². The van der Waals surface area contributed by atoms with E-state index in [-0.39, 0.29) is 18.0 Å². The van der Waals surface area contributed by atoms with Crippen molar-refractivity contribution in [1.82, 2.24) is 20.2 Å². The second-order valence-corrected chi connectivity index (χ2v) is 9.90. The summed E-state index contributed by atoms with van der Waals surface area (Å²) < 4.78 is 29.8. The first-order chi connectivity index (χ1) is 17.9. The number of carbonyl (C=O) groups excluding carboxylic acids is 1. The first-order valence-corrected chi connectivity index (χ1v) is 13.3. The molecule has 3 N–H and O–H groups in total. The van der Waals surface area contributed by atoms with Gasteiger partial charge < -0.3 is 20.5 Å². The van der Waals surface area contributed by atoms with Crippen LogP contribution in [0.3, 0.4) is 0 Å². The van der Waals surface area contributed by atoms with Crippen molar-refractivity contribution in [2.24, 2.45) is 0 Å². The van der Waals surface area contributed by atoms with Gasteiger partial charge in [0.2, 0.25) is 5.91 Å². The third-order valence-electron chi connectivity index (χ3n) is 7.02. The van der Waals surface area contributed by atoms with Crippen LogP contribution in [-0.2, 0) is 24.2 Å². The van der Waals surface area contributed by atoms with Crippen LogP contribution in [0.2, 0.25) is 0 Å². The molecule has 0 radical (unpaired) electrons. The Morgan fingerprint density at radius 1 is 1.22 bits per heavy atom. The Hall–Kier alpha value is -3.10. The van der Waals surface area contributed by atoms with Crippen LogP contribution in [0, 0.1) is 11.6 Å². The second-order valence-electron chi connectivity index (χ2n) is 9.90. The smallest absolute Gasteiger partial charge is 0.242 e. The lowest BCUT2D eigenvalue weighted by atomic mass is 9.87. The SMILES string of the molecule is CCC[C@H](NC1CCc2cc(F)cc(F)c2C1)C(=O)Nc1cn(CCCN[C@@H](C)c2ccccc2)cn1. The molecule has 0 bridgehead atoms. The zero-order chi connectivity index (χ0) is 26.2. The van der Waals surface area contributed by atoms with Gasteiger partial charge >= 0.3 is 0 Å². The Kier molecular flexibility index (Phi) is 9.41. The number of nitrogens with zero attached hydrogens (tertiary/aromatic N) is 2. The normalized spacial score (nSPS) is 16.7. The van der Waals surface area contributed by atoms with E-state index in [4.69, 9.17) is 0 Å². The van der Waals surface area contributed by atoms with E-state index in [1.807, 2.05) is 35.9 Å². The first kappa shape index (κ1) is 26.9. The summed E-state index contributed by atoms with van der Waals surface area (Å²) in [6.07, 6.45) is 7.77. The van der Waals surface area contributed by atoms with Crippen molar-refractivity contribution in [3.8, 4) is 0 Å². The van der Waals surface area contributed by atoms with E-state index in [0.29, 0.717) is 30.6 Å². The molecule has 1 heterocycles. The van der Waals surface area contributed by atoms with Gasteiger partial charge in [-0.1, -0.05) is 43.7 Å². The summed E-state index contributed by atoms with van der Waals surface area (Å²) in [7, 11) is 0. The number of hydrogen-bond donors (Lipinski definition) is 3. The molecule has 198 valence electrons. The van der Waals surface area contributed by atoms with E-state index >= 15 is 0 Å². The van der Waals surface area contributed by atoms with Gasteiger partial charge in [-0.3, -0.25) is 4.79 Å². The minimum Gasteiger partial charge on any atom is -0.335 e. The quantitative estimate of drug-likeness (QED) is 0.295. The molecule has 0 saturated heterocycles. The summed E-state index contributed by atoms with van der Waals surface area (Å²) in [5.41, 5.74) is 2.54. The maximum absolute atomic E-state index is 14.3. The molecule has 0 fully saturated rings. The summed E-state index contributed by atoms with van der Waals surface area (Å²) >= 11 is 0. The van der Waals surface area contributed by atoms with E-state index in [1.54, 1.807) is 6.33 Å². The molecular formula is C29H37F2N5O. The van der Waals surface area contributed by atoms with Crippen LogP contribution in [0.5, 0.6) is 0 Å². The maximum Gasteiger partial charge on any atom is 0.242 e. The lowest BCUT2D eigenvalue weighted by Gasteiger charge is -2.29. The molecule has 0 spiro atoms. The maximum atomic E-state index is 14.3. The molecule has 1 amide bonds. The number of nitrogens with one attached hydrogen (secondary N) is 3. The molecule has 3 aromatic rings. The lowest BCUT2D eigenvalue weighted by Crippen LogP contribution is -2.48. The number of benzene rings is 2. The van der Waals surface area contributed by atoms with E-state index < -0.39 is 17.7 Å². The molecule has 6 nitrogen and oxygen atoms in total. The molecule has 4 rings (SSSR count). The highest BCUT2D eigenvalue weighted by Crippen LogP contribution is 2.26. The summed E-state index contributed by atoms with van der Waals surface area (Å²) in [6, 6.07) is 12.5. The van der Waals surface area contributed by atoms with Crippen LogP contribution in [-0.4, -0.2) is 34.1 Å². The Bertz CT molecular complexity index is 1170. The topological polar surface area (TPSA) is 71.0 Å². The average Bonchev–Trinajstić information content (AvgIpc) is 3.34.